The second-order valence-electron chi connectivity index (χ2n) is 7.22. The monoisotopic (exact) mass is 407 g/mol. The molecule has 0 unspecified atom stereocenters. The van der Waals surface area contributed by atoms with Gasteiger partial charge in [0.2, 0.25) is 5.91 Å². The zero-order valence-electron chi connectivity index (χ0n) is 16.2. The molecular weight excluding hydrogens is 386 g/mol. The number of aryl methyl sites for hydroxylation is 1. The fourth-order valence-corrected chi connectivity index (χ4v) is 3.68. The van der Waals surface area contributed by atoms with Crippen molar-refractivity contribution in [2.75, 3.05) is 23.3 Å². The van der Waals surface area contributed by atoms with Crippen molar-refractivity contribution in [1.29, 1.82) is 0 Å². The summed E-state index contributed by atoms with van der Waals surface area (Å²) in [6.45, 7) is 3.51. The third kappa shape index (κ3) is 4.54. The summed E-state index contributed by atoms with van der Waals surface area (Å²) in [5.41, 5.74) is 3.60. The number of rotatable bonds is 4. The van der Waals surface area contributed by atoms with Crippen LogP contribution in [0.4, 0.5) is 11.5 Å². The first-order chi connectivity index (χ1) is 14.1. The molecule has 1 aliphatic rings. The average Bonchev–Trinajstić information content (AvgIpc) is 2.77. The summed E-state index contributed by atoms with van der Waals surface area (Å²) in [5, 5.41) is 12.4. The molecule has 29 heavy (non-hydrogen) atoms. The normalized spacial score (nSPS) is 14.6. The van der Waals surface area contributed by atoms with Gasteiger partial charge < -0.3 is 10.2 Å². The minimum atomic E-state index is -0.0197. The molecule has 1 fully saturated rings. The highest BCUT2D eigenvalue weighted by Gasteiger charge is 2.26. The summed E-state index contributed by atoms with van der Waals surface area (Å²) in [7, 11) is 0. The van der Waals surface area contributed by atoms with Crippen LogP contribution in [0.5, 0.6) is 0 Å². The zero-order chi connectivity index (χ0) is 20.2. The summed E-state index contributed by atoms with van der Waals surface area (Å²) in [4.78, 5) is 18.9. The number of hydrogen-bond acceptors (Lipinski definition) is 5. The Hall–Kier alpha value is -2.99. The number of anilines is 2. The Morgan fingerprint density at radius 2 is 1.83 bits per heavy atom. The number of nitrogens with zero attached hydrogens (tertiary/aromatic N) is 4. The van der Waals surface area contributed by atoms with Crippen molar-refractivity contribution in [2.24, 2.45) is 5.92 Å². The van der Waals surface area contributed by atoms with E-state index in [0.717, 1.165) is 54.3 Å². The Labute approximate surface area is 174 Å². The average molecular weight is 408 g/mol. The lowest BCUT2D eigenvalue weighted by Gasteiger charge is -2.32. The largest absolute Gasteiger partial charge is 0.355 e. The standard InChI is InChI=1S/C22H22ClN5O/c1-15-2-3-18(23)14-20(15)25-22(29)17-8-12-28(13-9-17)21-5-4-19(26-27-21)16-6-10-24-11-7-16/h2-7,10-11,14,17H,8-9,12-13H2,1H3,(H,25,29). The second-order valence-corrected chi connectivity index (χ2v) is 7.66. The quantitative estimate of drug-likeness (QED) is 0.695. The SMILES string of the molecule is Cc1ccc(Cl)cc1NC(=O)C1CCN(c2ccc(-c3ccncc3)nn2)CC1. The fourth-order valence-electron chi connectivity index (χ4n) is 3.50. The first-order valence-electron chi connectivity index (χ1n) is 9.66. The van der Waals surface area contributed by atoms with E-state index >= 15 is 0 Å². The molecule has 0 saturated carbocycles. The Morgan fingerprint density at radius 3 is 2.52 bits per heavy atom. The Balaban J connectivity index is 1.35. The number of amides is 1. The number of carbonyl (C=O) groups is 1. The lowest BCUT2D eigenvalue weighted by atomic mass is 9.95. The molecule has 3 heterocycles. The number of piperidine rings is 1. The Morgan fingerprint density at radius 1 is 1.07 bits per heavy atom. The van der Waals surface area contributed by atoms with Gasteiger partial charge in [-0.3, -0.25) is 9.78 Å². The van der Waals surface area contributed by atoms with E-state index in [-0.39, 0.29) is 11.8 Å². The van der Waals surface area contributed by atoms with Gasteiger partial charge in [-0.25, -0.2) is 0 Å². The molecule has 4 rings (SSSR count). The van der Waals surface area contributed by atoms with Crippen LogP contribution in [0.1, 0.15) is 18.4 Å². The number of halogens is 1. The van der Waals surface area contributed by atoms with Gasteiger partial charge in [-0.05, 0) is 61.7 Å². The summed E-state index contributed by atoms with van der Waals surface area (Å²) < 4.78 is 0. The van der Waals surface area contributed by atoms with Crippen LogP contribution >= 0.6 is 11.6 Å². The molecule has 0 bridgehead atoms. The summed E-state index contributed by atoms with van der Waals surface area (Å²) in [6.07, 6.45) is 5.04. The molecule has 6 nitrogen and oxygen atoms in total. The summed E-state index contributed by atoms with van der Waals surface area (Å²) in [5.74, 6) is 0.871. The van der Waals surface area contributed by atoms with Crippen LogP contribution < -0.4 is 10.2 Å². The summed E-state index contributed by atoms with van der Waals surface area (Å²) >= 11 is 6.05. The van der Waals surface area contributed by atoms with Crippen LogP contribution in [0, 0.1) is 12.8 Å². The van der Waals surface area contributed by atoms with Gasteiger partial charge in [0.05, 0.1) is 5.69 Å². The highest BCUT2D eigenvalue weighted by Crippen LogP contribution is 2.26. The number of benzene rings is 1. The summed E-state index contributed by atoms with van der Waals surface area (Å²) in [6, 6.07) is 13.3. The van der Waals surface area contributed by atoms with Crippen LogP contribution in [0.15, 0.2) is 54.9 Å². The van der Waals surface area contributed by atoms with E-state index in [0.29, 0.717) is 5.02 Å². The molecule has 2 aromatic heterocycles. The van der Waals surface area contributed by atoms with Gasteiger partial charge in [0.15, 0.2) is 5.82 Å². The van der Waals surface area contributed by atoms with Crippen molar-refractivity contribution in [1.82, 2.24) is 15.2 Å². The minimum absolute atomic E-state index is 0.0197. The number of nitrogens with one attached hydrogen (secondary N) is 1. The maximum absolute atomic E-state index is 12.7. The van der Waals surface area contributed by atoms with Crippen molar-refractivity contribution in [3.05, 3.63) is 65.4 Å². The van der Waals surface area contributed by atoms with E-state index in [1.54, 1.807) is 18.5 Å². The van der Waals surface area contributed by atoms with Gasteiger partial charge in [-0.2, -0.15) is 0 Å². The third-order valence-corrected chi connectivity index (χ3v) is 5.51. The Kier molecular flexibility index (Phi) is 5.71. The van der Waals surface area contributed by atoms with Gasteiger partial charge in [0, 0.05) is 47.7 Å². The maximum atomic E-state index is 12.7. The topological polar surface area (TPSA) is 71.0 Å². The molecule has 7 heteroatoms. The predicted octanol–water partition coefficient (Wildman–Crippen LogP) is 4.36. The van der Waals surface area contributed by atoms with Crippen molar-refractivity contribution in [3.8, 4) is 11.3 Å². The molecule has 0 spiro atoms. The number of carbonyl (C=O) groups excluding carboxylic acids is 1. The van der Waals surface area contributed by atoms with Crippen LogP contribution in [0.2, 0.25) is 5.02 Å². The van der Waals surface area contributed by atoms with Gasteiger partial charge in [-0.15, -0.1) is 10.2 Å². The fraction of sp³-hybridized carbons (Fsp3) is 0.273. The van der Waals surface area contributed by atoms with Crippen LogP contribution in [0.3, 0.4) is 0 Å². The number of aromatic nitrogens is 3. The molecule has 1 saturated heterocycles. The van der Waals surface area contributed by atoms with E-state index in [1.165, 1.54) is 0 Å². The molecule has 3 aromatic rings. The molecular formula is C22H22ClN5O. The van der Waals surface area contributed by atoms with E-state index < -0.39 is 0 Å². The lowest BCUT2D eigenvalue weighted by Crippen LogP contribution is -2.38. The second kappa shape index (κ2) is 8.57. The first-order valence-corrected chi connectivity index (χ1v) is 10.0. The molecule has 0 atom stereocenters. The molecule has 148 valence electrons. The van der Waals surface area contributed by atoms with Crippen LogP contribution in [0.25, 0.3) is 11.3 Å². The molecule has 0 aliphatic carbocycles. The molecule has 1 aromatic carbocycles. The molecule has 1 aliphatic heterocycles. The van der Waals surface area contributed by atoms with Gasteiger partial charge in [0.25, 0.3) is 0 Å². The van der Waals surface area contributed by atoms with E-state index in [2.05, 4.69) is 25.4 Å². The number of hydrogen-bond donors (Lipinski definition) is 1. The van der Waals surface area contributed by atoms with Gasteiger partial charge >= 0.3 is 0 Å². The van der Waals surface area contributed by atoms with Crippen molar-refractivity contribution < 1.29 is 4.79 Å². The van der Waals surface area contributed by atoms with Crippen molar-refractivity contribution in [2.45, 2.75) is 19.8 Å². The maximum Gasteiger partial charge on any atom is 0.227 e. The van der Waals surface area contributed by atoms with Crippen molar-refractivity contribution in [3.63, 3.8) is 0 Å². The highest BCUT2D eigenvalue weighted by molar-refractivity contribution is 6.31. The predicted molar refractivity (Wildman–Crippen MR) is 115 cm³/mol. The highest BCUT2D eigenvalue weighted by atomic mass is 35.5. The number of pyridine rings is 1. The first kappa shape index (κ1) is 19.3. The van der Waals surface area contributed by atoms with Gasteiger partial charge in [-0.1, -0.05) is 17.7 Å². The minimum Gasteiger partial charge on any atom is -0.355 e. The Bertz CT molecular complexity index is 986. The van der Waals surface area contributed by atoms with E-state index in [1.807, 2.05) is 43.3 Å². The molecule has 0 radical (unpaired) electrons. The van der Waals surface area contributed by atoms with E-state index in [4.69, 9.17) is 11.6 Å². The molecule has 1 amide bonds. The van der Waals surface area contributed by atoms with Crippen LogP contribution in [-0.2, 0) is 4.79 Å². The van der Waals surface area contributed by atoms with Crippen LogP contribution in [-0.4, -0.2) is 34.2 Å². The van der Waals surface area contributed by atoms with Gasteiger partial charge in [0.1, 0.15) is 0 Å². The molecule has 1 N–H and O–H groups in total. The zero-order valence-corrected chi connectivity index (χ0v) is 16.9. The third-order valence-electron chi connectivity index (χ3n) is 5.27. The smallest absolute Gasteiger partial charge is 0.227 e. The van der Waals surface area contributed by atoms with E-state index in [9.17, 15) is 4.79 Å². The van der Waals surface area contributed by atoms with Crippen molar-refractivity contribution >= 4 is 29.0 Å². The lowest BCUT2D eigenvalue weighted by molar-refractivity contribution is -0.120.